The van der Waals surface area contributed by atoms with E-state index < -0.39 is 0 Å². The van der Waals surface area contributed by atoms with Crippen molar-refractivity contribution in [2.45, 2.75) is 20.4 Å². The number of nitrogens with one attached hydrogen (secondary N) is 1. The van der Waals surface area contributed by atoms with E-state index in [2.05, 4.69) is 25.9 Å². The van der Waals surface area contributed by atoms with Crippen molar-refractivity contribution in [3.63, 3.8) is 0 Å². The summed E-state index contributed by atoms with van der Waals surface area (Å²) >= 11 is 0. The first-order valence-electron chi connectivity index (χ1n) is 7.54. The van der Waals surface area contributed by atoms with Crippen LogP contribution in [0.4, 0.5) is 15.9 Å². The van der Waals surface area contributed by atoms with Crippen LogP contribution >= 0.6 is 0 Å². The Morgan fingerprint density at radius 1 is 1.17 bits per heavy atom. The first kappa shape index (κ1) is 15.1. The standard InChI is InChI=1S/C15H18FN7/c1-3-22(4-2)13-6-5-11(9-12(13)16)10-17-14-7-8-15-18-20-21-23(15)19-14/h5-9H,3-4,10H2,1-2H3,(H,17,19). The topological polar surface area (TPSA) is 71.2 Å². The van der Waals surface area contributed by atoms with Gasteiger partial charge < -0.3 is 10.2 Å². The van der Waals surface area contributed by atoms with Gasteiger partial charge in [-0.1, -0.05) is 6.07 Å². The number of hydrogen-bond acceptors (Lipinski definition) is 6. The first-order chi connectivity index (χ1) is 11.2. The van der Waals surface area contributed by atoms with Gasteiger partial charge in [0.25, 0.3) is 0 Å². The molecular formula is C15H18FN7. The van der Waals surface area contributed by atoms with Crippen molar-refractivity contribution in [1.82, 2.24) is 25.3 Å². The molecule has 1 aromatic carbocycles. The van der Waals surface area contributed by atoms with Gasteiger partial charge in [-0.2, -0.15) is 0 Å². The number of hydrogen-bond donors (Lipinski definition) is 1. The number of anilines is 2. The maximum atomic E-state index is 14.3. The minimum atomic E-state index is -0.211. The van der Waals surface area contributed by atoms with Gasteiger partial charge in [0.1, 0.15) is 11.6 Å². The van der Waals surface area contributed by atoms with Crippen molar-refractivity contribution in [1.29, 1.82) is 0 Å². The fourth-order valence-corrected chi connectivity index (χ4v) is 2.42. The fourth-order valence-electron chi connectivity index (χ4n) is 2.42. The Hall–Kier alpha value is -2.77. The number of fused-ring (bicyclic) bond motifs is 1. The van der Waals surface area contributed by atoms with E-state index in [-0.39, 0.29) is 5.82 Å². The van der Waals surface area contributed by atoms with Gasteiger partial charge in [0.15, 0.2) is 5.65 Å². The summed E-state index contributed by atoms with van der Waals surface area (Å²) in [5.41, 5.74) is 2.05. The van der Waals surface area contributed by atoms with Crippen LogP contribution in [0, 0.1) is 5.82 Å². The molecule has 0 saturated heterocycles. The van der Waals surface area contributed by atoms with E-state index in [4.69, 9.17) is 0 Å². The van der Waals surface area contributed by atoms with Crippen LogP contribution in [-0.2, 0) is 6.54 Å². The predicted octanol–water partition coefficient (Wildman–Crippen LogP) is 2.12. The molecule has 0 aliphatic heterocycles. The lowest BCUT2D eigenvalue weighted by atomic mass is 10.1. The van der Waals surface area contributed by atoms with E-state index in [1.54, 1.807) is 18.2 Å². The van der Waals surface area contributed by atoms with Gasteiger partial charge in [0.2, 0.25) is 0 Å². The molecule has 3 rings (SSSR count). The smallest absolute Gasteiger partial charge is 0.200 e. The van der Waals surface area contributed by atoms with Crippen molar-refractivity contribution in [3.05, 3.63) is 41.7 Å². The molecule has 0 unspecified atom stereocenters. The molecule has 8 heteroatoms. The second-order valence-corrected chi connectivity index (χ2v) is 5.06. The Balaban J connectivity index is 1.71. The van der Waals surface area contributed by atoms with Crippen LogP contribution < -0.4 is 10.2 Å². The highest BCUT2D eigenvalue weighted by Gasteiger charge is 2.09. The summed E-state index contributed by atoms with van der Waals surface area (Å²) in [5, 5.41) is 18.4. The van der Waals surface area contributed by atoms with Crippen LogP contribution in [0.3, 0.4) is 0 Å². The van der Waals surface area contributed by atoms with Gasteiger partial charge in [0, 0.05) is 19.6 Å². The molecule has 7 nitrogen and oxygen atoms in total. The number of rotatable bonds is 6. The van der Waals surface area contributed by atoms with E-state index in [1.807, 2.05) is 30.9 Å². The molecule has 0 aliphatic carbocycles. The third kappa shape index (κ3) is 3.20. The molecule has 0 atom stereocenters. The van der Waals surface area contributed by atoms with Gasteiger partial charge in [-0.25, -0.2) is 4.39 Å². The molecule has 1 N–H and O–H groups in total. The number of nitrogens with zero attached hydrogens (tertiary/aromatic N) is 6. The molecule has 0 amide bonds. The second kappa shape index (κ2) is 6.55. The highest BCUT2D eigenvalue weighted by molar-refractivity contribution is 5.50. The van der Waals surface area contributed by atoms with Crippen molar-refractivity contribution in [2.75, 3.05) is 23.3 Å². The van der Waals surface area contributed by atoms with Gasteiger partial charge in [-0.05, 0) is 54.1 Å². The molecule has 0 bridgehead atoms. The summed E-state index contributed by atoms with van der Waals surface area (Å²) in [4.78, 5) is 1.99. The summed E-state index contributed by atoms with van der Waals surface area (Å²) in [5.74, 6) is 0.412. The summed E-state index contributed by atoms with van der Waals surface area (Å²) < 4.78 is 15.6. The molecule has 0 spiro atoms. The van der Waals surface area contributed by atoms with Gasteiger partial charge in [-0.15, -0.1) is 14.8 Å². The zero-order valence-electron chi connectivity index (χ0n) is 13.1. The van der Waals surface area contributed by atoms with Gasteiger partial charge in [0.05, 0.1) is 5.69 Å². The zero-order chi connectivity index (χ0) is 16.2. The molecule has 3 aromatic rings. The lowest BCUT2D eigenvalue weighted by Gasteiger charge is -2.22. The fraction of sp³-hybridized carbons (Fsp3) is 0.333. The predicted molar refractivity (Wildman–Crippen MR) is 85.9 cm³/mol. The minimum absolute atomic E-state index is 0.211. The Labute approximate surface area is 133 Å². The minimum Gasteiger partial charge on any atom is -0.370 e. The molecule has 120 valence electrons. The van der Waals surface area contributed by atoms with Gasteiger partial charge in [-0.3, -0.25) is 0 Å². The van der Waals surface area contributed by atoms with E-state index >= 15 is 0 Å². The van der Waals surface area contributed by atoms with Crippen LogP contribution in [-0.4, -0.2) is 38.3 Å². The van der Waals surface area contributed by atoms with Gasteiger partial charge >= 0.3 is 0 Å². The Morgan fingerprint density at radius 2 is 2.00 bits per heavy atom. The molecule has 23 heavy (non-hydrogen) atoms. The molecule has 0 fully saturated rings. The lowest BCUT2D eigenvalue weighted by molar-refractivity contribution is 0.618. The van der Waals surface area contributed by atoms with Crippen molar-refractivity contribution in [3.8, 4) is 0 Å². The lowest BCUT2D eigenvalue weighted by Crippen LogP contribution is -2.23. The van der Waals surface area contributed by atoms with Crippen molar-refractivity contribution in [2.24, 2.45) is 0 Å². The molecule has 0 aliphatic rings. The molecule has 2 aromatic heterocycles. The summed E-state index contributed by atoms with van der Waals surface area (Å²) in [7, 11) is 0. The quantitative estimate of drug-likeness (QED) is 0.751. The van der Waals surface area contributed by atoms with Crippen LogP contribution in [0.15, 0.2) is 30.3 Å². The highest BCUT2D eigenvalue weighted by atomic mass is 19.1. The normalized spacial score (nSPS) is 10.9. The number of tetrazole rings is 1. The van der Waals surface area contributed by atoms with Crippen molar-refractivity contribution >= 4 is 17.2 Å². The number of aromatic nitrogens is 5. The van der Waals surface area contributed by atoms with E-state index in [1.165, 1.54) is 4.63 Å². The third-order valence-electron chi connectivity index (χ3n) is 3.66. The van der Waals surface area contributed by atoms with Crippen LogP contribution in [0.5, 0.6) is 0 Å². The molecule has 0 radical (unpaired) electrons. The summed E-state index contributed by atoms with van der Waals surface area (Å²) in [6.45, 7) is 6.05. The van der Waals surface area contributed by atoms with E-state index in [9.17, 15) is 4.39 Å². The second-order valence-electron chi connectivity index (χ2n) is 5.06. The average Bonchev–Trinajstić information content (AvgIpc) is 3.03. The third-order valence-corrected chi connectivity index (χ3v) is 3.66. The SMILES string of the molecule is CCN(CC)c1ccc(CNc2ccc3nnnn3n2)cc1F. The maximum absolute atomic E-state index is 14.3. The van der Waals surface area contributed by atoms with Crippen LogP contribution in [0.25, 0.3) is 5.65 Å². The Bertz CT molecular complexity index is 797. The summed E-state index contributed by atoms with van der Waals surface area (Å²) in [6, 6.07) is 8.83. The number of halogens is 1. The largest absolute Gasteiger partial charge is 0.370 e. The summed E-state index contributed by atoms with van der Waals surface area (Å²) in [6.07, 6.45) is 0. The Kier molecular flexibility index (Phi) is 4.31. The molecular weight excluding hydrogens is 297 g/mol. The van der Waals surface area contributed by atoms with E-state index in [0.717, 1.165) is 18.7 Å². The zero-order valence-corrected chi connectivity index (χ0v) is 13.1. The average molecular weight is 315 g/mol. The Morgan fingerprint density at radius 3 is 2.74 bits per heavy atom. The van der Waals surface area contributed by atoms with E-state index in [0.29, 0.717) is 23.7 Å². The monoisotopic (exact) mass is 315 g/mol. The van der Waals surface area contributed by atoms with Crippen molar-refractivity contribution < 1.29 is 4.39 Å². The molecule has 0 saturated carbocycles. The van der Waals surface area contributed by atoms with Crippen LogP contribution in [0.1, 0.15) is 19.4 Å². The molecule has 2 heterocycles. The highest BCUT2D eigenvalue weighted by Crippen LogP contribution is 2.20. The van der Waals surface area contributed by atoms with Crippen LogP contribution in [0.2, 0.25) is 0 Å². The maximum Gasteiger partial charge on any atom is 0.200 e. The first-order valence-corrected chi connectivity index (χ1v) is 7.54. The number of benzene rings is 1.